The number of para-hydroxylation sites is 2. The van der Waals surface area contributed by atoms with Gasteiger partial charge in [-0.2, -0.15) is 0 Å². The van der Waals surface area contributed by atoms with E-state index in [-0.39, 0.29) is 24.2 Å². The largest absolute Gasteiger partial charge is 0.340 e. The molecule has 30 heavy (non-hydrogen) atoms. The van der Waals surface area contributed by atoms with Crippen molar-refractivity contribution in [2.45, 2.75) is 18.9 Å². The predicted molar refractivity (Wildman–Crippen MR) is 116 cm³/mol. The number of amides is 2. The van der Waals surface area contributed by atoms with E-state index in [4.69, 9.17) is 0 Å². The van der Waals surface area contributed by atoms with Crippen LogP contribution in [0.15, 0.2) is 60.8 Å². The minimum Gasteiger partial charge on any atom is -0.340 e. The summed E-state index contributed by atoms with van der Waals surface area (Å²) >= 11 is 0. The average Bonchev–Trinajstić information content (AvgIpc) is 2.79. The van der Waals surface area contributed by atoms with Crippen LogP contribution in [0.2, 0.25) is 0 Å². The van der Waals surface area contributed by atoms with Crippen LogP contribution in [0.1, 0.15) is 23.5 Å². The molecule has 1 N–H and O–H groups in total. The number of rotatable bonds is 3. The maximum atomic E-state index is 13.2. The molecule has 152 valence electrons. The zero-order valence-corrected chi connectivity index (χ0v) is 16.8. The Hall–Kier alpha value is -3.25. The molecule has 1 fully saturated rings. The molecule has 1 saturated heterocycles. The van der Waals surface area contributed by atoms with Gasteiger partial charge in [-0.15, -0.1) is 0 Å². The summed E-state index contributed by atoms with van der Waals surface area (Å²) < 4.78 is 0. The SMILES string of the molecule is O=C1CC(C(=O)N2CCN(Cc3cccc4cccnc34)CC2)c2ccccc2N1. The summed E-state index contributed by atoms with van der Waals surface area (Å²) in [6, 6.07) is 17.9. The molecule has 2 aliphatic heterocycles. The zero-order chi connectivity index (χ0) is 20.5. The third-order valence-electron chi connectivity index (χ3n) is 6.09. The fourth-order valence-electron chi connectivity index (χ4n) is 4.51. The first-order valence-corrected chi connectivity index (χ1v) is 10.4. The molecule has 1 unspecified atom stereocenters. The number of benzene rings is 2. The maximum absolute atomic E-state index is 13.2. The Kier molecular flexibility index (Phi) is 4.93. The number of nitrogens with one attached hydrogen (secondary N) is 1. The number of carbonyl (C=O) groups is 2. The highest BCUT2D eigenvalue weighted by molar-refractivity contribution is 6.01. The van der Waals surface area contributed by atoms with Crippen LogP contribution in [-0.4, -0.2) is 52.8 Å². The molecule has 3 heterocycles. The molecule has 2 aliphatic rings. The first-order chi connectivity index (χ1) is 14.7. The van der Waals surface area contributed by atoms with Crippen LogP contribution in [0.5, 0.6) is 0 Å². The van der Waals surface area contributed by atoms with Crippen molar-refractivity contribution in [2.75, 3.05) is 31.5 Å². The lowest BCUT2D eigenvalue weighted by Crippen LogP contribution is -2.50. The van der Waals surface area contributed by atoms with Crippen LogP contribution in [0.25, 0.3) is 10.9 Å². The first kappa shape index (κ1) is 18.8. The predicted octanol–water partition coefficient (Wildman–Crippen LogP) is 3.01. The molecule has 1 atom stereocenters. The van der Waals surface area contributed by atoms with E-state index < -0.39 is 0 Å². The van der Waals surface area contributed by atoms with Gasteiger partial charge in [0.1, 0.15) is 0 Å². The summed E-state index contributed by atoms with van der Waals surface area (Å²) in [7, 11) is 0. The number of piperazine rings is 1. The summed E-state index contributed by atoms with van der Waals surface area (Å²) in [5.74, 6) is -0.415. The molecule has 3 aromatic rings. The van der Waals surface area contributed by atoms with E-state index in [1.807, 2.05) is 41.4 Å². The van der Waals surface area contributed by atoms with E-state index in [1.54, 1.807) is 0 Å². The van der Waals surface area contributed by atoms with Crippen LogP contribution in [-0.2, 0) is 16.1 Å². The maximum Gasteiger partial charge on any atom is 0.230 e. The first-order valence-electron chi connectivity index (χ1n) is 10.4. The minimum atomic E-state index is -0.385. The van der Waals surface area contributed by atoms with Gasteiger partial charge in [-0.1, -0.05) is 42.5 Å². The van der Waals surface area contributed by atoms with Gasteiger partial charge in [0.15, 0.2) is 0 Å². The molecule has 2 amide bonds. The molecule has 0 radical (unpaired) electrons. The summed E-state index contributed by atoms with van der Waals surface area (Å²) in [5.41, 5.74) is 3.94. The lowest BCUT2D eigenvalue weighted by Gasteiger charge is -2.37. The molecular weight excluding hydrogens is 376 g/mol. The van der Waals surface area contributed by atoms with Crippen LogP contribution < -0.4 is 5.32 Å². The second-order valence-electron chi connectivity index (χ2n) is 7.99. The average molecular weight is 400 g/mol. The van der Waals surface area contributed by atoms with Crippen molar-refractivity contribution in [3.8, 4) is 0 Å². The van der Waals surface area contributed by atoms with Gasteiger partial charge in [0.05, 0.1) is 11.4 Å². The summed E-state index contributed by atoms with van der Waals surface area (Å²) in [4.78, 5) is 34.1. The molecule has 6 nitrogen and oxygen atoms in total. The second-order valence-corrected chi connectivity index (χ2v) is 7.99. The van der Waals surface area contributed by atoms with E-state index in [0.29, 0.717) is 13.1 Å². The van der Waals surface area contributed by atoms with Gasteiger partial charge in [-0.3, -0.25) is 19.5 Å². The van der Waals surface area contributed by atoms with Gasteiger partial charge < -0.3 is 10.2 Å². The van der Waals surface area contributed by atoms with Crippen LogP contribution in [0.3, 0.4) is 0 Å². The molecule has 6 heteroatoms. The van der Waals surface area contributed by atoms with Crippen molar-refractivity contribution in [3.63, 3.8) is 0 Å². The molecule has 5 rings (SSSR count). The molecule has 0 aliphatic carbocycles. The molecule has 2 aromatic carbocycles. The van der Waals surface area contributed by atoms with Crippen molar-refractivity contribution < 1.29 is 9.59 Å². The second kappa shape index (κ2) is 7.88. The van der Waals surface area contributed by atoms with Crippen molar-refractivity contribution in [2.24, 2.45) is 0 Å². The Morgan fingerprint density at radius 3 is 2.67 bits per heavy atom. The highest BCUT2D eigenvalue weighted by Gasteiger charge is 2.34. The number of hydrogen-bond donors (Lipinski definition) is 1. The number of anilines is 1. The molecule has 0 saturated carbocycles. The Bertz CT molecular complexity index is 1100. The van der Waals surface area contributed by atoms with E-state index in [9.17, 15) is 9.59 Å². The summed E-state index contributed by atoms with van der Waals surface area (Å²) in [5, 5.41) is 4.02. The standard InChI is InChI=1S/C24H24N4O2/c29-22-15-20(19-8-1-2-9-21(19)26-22)24(30)28-13-11-27(12-14-28)16-18-6-3-5-17-7-4-10-25-23(17)18/h1-10,20H,11-16H2,(H,26,29). The highest BCUT2D eigenvalue weighted by Crippen LogP contribution is 2.33. The van der Waals surface area contributed by atoms with Crippen molar-refractivity contribution >= 4 is 28.4 Å². The van der Waals surface area contributed by atoms with E-state index in [2.05, 4.69) is 39.5 Å². The Morgan fingerprint density at radius 1 is 1.00 bits per heavy atom. The quantitative estimate of drug-likeness (QED) is 0.734. The van der Waals surface area contributed by atoms with Crippen LogP contribution in [0, 0.1) is 0 Å². The van der Waals surface area contributed by atoms with Crippen LogP contribution >= 0.6 is 0 Å². The van der Waals surface area contributed by atoms with Gasteiger partial charge >= 0.3 is 0 Å². The Morgan fingerprint density at radius 2 is 1.80 bits per heavy atom. The lowest BCUT2D eigenvalue weighted by atomic mass is 9.89. The number of nitrogens with zero attached hydrogens (tertiary/aromatic N) is 3. The molecule has 0 bridgehead atoms. The fourth-order valence-corrected chi connectivity index (χ4v) is 4.51. The van der Waals surface area contributed by atoms with Gasteiger partial charge in [0.2, 0.25) is 11.8 Å². The Balaban J connectivity index is 1.26. The third kappa shape index (κ3) is 3.55. The fraction of sp³-hybridized carbons (Fsp3) is 0.292. The summed E-state index contributed by atoms with van der Waals surface area (Å²) in [6.45, 7) is 3.81. The molecule has 0 spiro atoms. The third-order valence-corrected chi connectivity index (χ3v) is 6.09. The number of fused-ring (bicyclic) bond motifs is 2. The zero-order valence-electron chi connectivity index (χ0n) is 16.8. The van der Waals surface area contributed by atoms with Crippen molar-refractivity contribution in [1.82, 2.24) is 14.8 Å². The van der Waals surface area contributed by atoms with Gasteiger partial charge in [-0.25, -0.2) is 0 Å². The van der Waals surface area contributed by atoms with E-state index in [1.165, 1.54) is 5.56 Å². The molecular formula is C24H24N4O2. The smallest absolute Gasteiger partial charge is 0.230 e. The van der Waals surface area contributed by atoms with Gasteiger partial charge in [-0.05, 0) is 23.3 Å². The number of pyridine rings is 1. The normalized spacial score (nSPS) is 19.4. The number of carbonyl (C=O) groups excluding carboxylic acids is 2. The van der Waals surface area contributed by atoms with Gasteiger partial charge in [0.25, 0.3) is 0 Å². The van der Waals surface area contributed by atoms with Gasteiger partial charge in [0, 0.05) is 56.4 Å². The molecule has 1 aromatic heterocycles. The number of hydrogen-bond acceptors (Lipinski definition) is 4. The topological polar surface area (TPSA) is 65.5 Å². The lowest BCUT2D eigenvalue weighted by molar-refractivity contribution is -0.136. The van der Waals surface area contributed by atoms with Crippen molar-refractivity contribution in [1.29, 1.82) is 0 Å². The Labute approximate surface area is 175 Å². The van der Waals surface area contributed by atoms with E-state index in [0.717, 1.165) is 41.8 Å². The van der Waals surface area contributed by atoms with Crippen molar-refractivity contribution in [3.05, 3.63) is 71.9 Å². The van der Waals surface area contributed by atoms with Crippen LogP contribution in [0.4, 0.5) is 5.69 Å². The number of aromatic nitrogens is 1. The monoisotopic (exact) mass is 400 g/mol. The van der Waals surface area contributed by atoms with E-state index >= 15 is 0 Å². The summed E-state index contributed by atoms with van der Waals surface area (Å²) in [6.07, 6.45) is 2.05. The highest BCUT2D eigenvalue weighted by atomic mass is 16.2. The minimum absolute atomic E-state index is 0.0591.